The molecule has 0 aliphatic heterocycles. The zero-order valence-corrected chi connectivity index (χ0v) is 22.7. The van der Waals surface area contributed by atoms with E-state index in [-0.39, 0.29) is 11.9 Å². The van der Waals surface area contributed by atoms with Crippen LogP contribution >= 0.6 is 0 Å². The SMILES string of the molecule is CCCCCCCCCCCCC(CC)C(=O)OCC(CC)CCCCCCCCCC. The molecule has 0 saturated carbocycles. The van der Waals surface area contributed by atoms with Gasteiger partial charge >= 0.3 is 5.97 Å². The fraction of sp³-hybridized carbons (Fsp3) is 0.967. The van der Waals surface area contributed by atoms with Crippen LogP contribution in [-0.4, -0.2) is 12.6 Å². The van der Waals surface area contributed by atoms with Crippen LogP contribution in [0.1, 0.15) is 169 Å². The van der Waals surface area contributed by atoms with Crippen LogP contribution in [0.3, 0.4) is 0 Å². The molecule has 192 valence electrons. The monoisotopic (exact) mass is 452 g/mol. The Labute approximate surface area is 203 Å². The van der Waals surface area contributed by atoms with E-state index >= 15 is 0 Å². The predicted molar refractivity (Wildman–Crippen MR) is 142 cm³/mol. The normalized spacial score (nSPS) is 13.2. The summed E-state index contributed by atoms with van der Waals surface area (Å²) in [6.45, 7) is 9.57. The maximum Gasteiger partial charge on any atom is 0.308 e. The highest BCUT2D eigenvalue weighted by Crippen LogP contribution is 2.20. The largest absolute Gasteiger partial charge is 0.465 e. The van der Waals surface area contributed by atoms with E-state index in [0.717, 1.165) is 19.3 Å². The number of carbonyl (C=O) groups is 1. The van der Waals surface area contributed by atoms with Gasteiger partial charge in [0.15, 0.2) is 0 Å². The predicted octanol–water partition coefficient (Wildman–Crippen LogP) is 10.4. The first-order chi connectivity index (χ1) is 15.7. The van der Waals surface area contributed by atoms with Gasteiger partial charge in [0.2, 0.25) is 0 Å². The van der Waals surface area contributed by atoms with Gasteiger partial charge in [-0.05, 0) is 25.2 Å². The third-order valence-corrected chi connectivity index (χ3v) is 7.24. The number of hydrogen-bond acceptors (Lipinski definition) is 2. The number of ether oxygens (including phenoxy) is 1. The Balaban J connectivity index is 3.76. The van der Waals surface area contributed by atoms with E-state index in [4.69, 9.17) is 4.74 Å². The lowest BCUT2D eigenvalue weighted by Gasteiger charge is -2.18. The Morgan fingerprint density at radius 1 is 0.531 bits per heavy atom. The molecule has 2 atom stereocenters. The molecular weight excluding hydrogens is 392 g/mol. The summed E-state index contributed by atoms with van der Waals surface area (Å²) in [5.74, 6) is 0.733. The van der Waals surface area contributed by atoms with E-state index in [1.807, 2.05) is 0 Å². The molecule has 0 heterocycles. The van der Waals surface area contributed by atoms with Crippen molar-refractivity contribution in [3.8, 4) is 0 Å². The van der Waals surface area contributed by atoms with Crippen LogP contribution in [0.4, 0.5) is 0 Å². The maximum absolute atomic E-state index is 12.6. The first-order valence-corrected chi connectivity index (χ1v) is 14.9. The van der Waals surface area contributed by atoms with E-state index in [0.29, 0.717) is 12.5 Å². The molecule has 0 aliphatic rings. The molecule has 0 fully saturated rings. The molecule has 0 aliphatic carbocycles. The highest BCUT2D eigenvalue weighted by atomic mass is 16.5. The molecule has 2 heteroatoms. The van der Waals surface area contributed by atoms with Gasteiger partial charge in [-0.25, -0.2) is 0 Å². The summed E-state index contributed by atoms with van der Waals surface area (Å²) in [5.41, 5.74) is 0. The van der Waals surface area contributed by atoms with Gasteiger partial charge in [0.1, 0.15) is 0 Å². The Morgan fingerprint density at radius 2 is 0.938 bits per heavy atom. The van der Waals surface area contributed by atoms with Crippen LogP contribution < -0.4 is 0 Å². The van der Waals surface area contributed by atoms with Gasteiger partial charge in [0.05, 0.1) is 12.5 Å². The minimum absolute atomic E-state index is 0.0674. The molecular formula is C30H60O2. The second-order valence-corrected chi connectivity index (χ2v) is 10.2. The van der Waals surface area contributed by atoms with Crippen molar-refractivity contribution in [1.82, 2.24) is 0 Å². The third-order valence-electron chi connectivity index (χ3n) is 7.24. The summed E-state index contributed by atoms with van der Waals surface area (Å²) < 4.78 is 5.77. The van der Waals surface area contributed by atoms with E-state index in [2.05, 4.69) is 27.7 Å². The van der Waals surface area contributed by atoms with Crippen molar-refractivity contribution in [1.29, 1.82) is 0 Å². The molecule has 32 heavy (non-hydrogen) atoms. The van der Waals surface area contributed by atoms with E-state index in [9.17, 15) is 4.79 Å². The summed E-state index contributed by atoms with van der Waals surface area (Å²) >= 11 is 0. The Hall–Kier alpha value is -0.530. The molecule has 0 amide bonds. The maximum atomic E-state index is 12.6. The molecule has 0 radical (unpaired) electrons. The Morgan fingerprint density at radius 3 is 1.34 bits per heavy atom. The molecule has 0 aromatic carbocycles. The summed E-state index contributed by atoms with van der Waals surface area (Å²) in [6.07, 6.45) is 28.7. The van der Waals surface area contributed by atoms with E-state index in [1.54, 1.807) is 0 Å². The quantitative estimate of drug-likeness (QED) is 0.102. The standard InChI is InChI=1S/C30H60O2/c1-5-9-11-13-15-17-18-20-22-24-26-29(8-4)30(31)32-27-28(7-3)25-23-21-19-16-14-12-10-6-2/h28-29H,5-27H2,1-4H3. The molecule has 0 spiro atoms. The highest BCUT2D eigenvalue weighted by molar-refractivity contribution is 5.72. The van der Waals surface area contributed by atoms with Crippen LogP contribution in [0, 0.1) is 11.8 Å². The van der Waals surface area contributed by atoms with Crippen molar-refractivity contribution in [2.75, 3.05) is 6.61 Å². The van der Waals surface area contributed by atoms with Crippen LogP contribution in [0.25, 0.3) is 0 Å². The molecule has 2 nitrogen and oxygen atoms in total. The number of unbranched alkanes of at least 4 members (excludes halogenated alkanes) is 16. The number of carbonyl (C=O) groups excluding carboxylic acids is 1. The smallest absolute Gasteiger partial charge is 0.308 e. The lowest BCUT2D eigenvalue weighted by molar-refractivity contribution is -0.150. The molecule has 0 aromatic rings. The minimum atomic E-state index is 0.0674. The molecule has 0 saturated heterocycles. The summed E-state index contributed by atoms with van der Waals surface area (Å²) in [4.78, 5) is 12.6. The second kappa shape index (κ2) is 25.1. The third kappa shape index (κ3) is 20.1. The van der Waals surface area contributed by atoms with E-state index < -0.39 is 0 Å². The average molecular weight is 453 g/mol. The first kappa shape index (κ1) is 31.5. The van der Waals surface area contributed by atoms with Gasteiger partial charge in [-0.15, -0.1) is 0 Å². The molecule has 0 rings (SSSR count). The zero-order valence-electron chi connectivity index (χ0n) is 22.7. The number of esters is 1. The minimum Gasteiger partial charge on any atom is -0.465 e. The van der Waals surface area contributed by atoms with Crippen molar-refractivity contribution in [3.63, 3.8) is 0 Å². The lowest BCUT2D eigenvalue weighted by Crippen LogP contribution is -2.21. The molecule has 0 N–H and O–H groups in total. The fourth-order valence-electron chi connectivity index (χ4n) is 4.66. The molecule has 0 bridgehead atoms. The second-order valence-electron chi connectivity index (χ2n) is 10.2. The van der Waals surface area contributed by atoms with Gasteiger partial charge in [0.25, 0.3) is 0 Å². The number of hydrogen-bond donors (Lipinski definition) is 0. The van der Waals surface area contributed by atoms with Crippen LogP contribution in [0.2, 0.25) is 0 Å². The fourth-order valence-corrected chi connectivity index (χ4v) is 4.66. The van der Waals surface area contributed by atoms with E-state index in [1.165, 1.54) is 122 Å². The van der Waals surface area contributed by atoms with Crippen molar-refractivity contribution in [3.05, 3.63) is 0 Å². The van der Waals surface area contributed by atoms with Crippen molar-refractivity contribution in [2.45, 2.75) is 169 Å². The Kier molecular flexibility index (Phi) is 24.7. The average Bonchev–Trinajstić information content (AvgIpc) is 2.81. The Bertz CT molecular complexity index is 379. The summed E-state index contributed by atoms with van der Waals surface area (Å²) in [6, 6.07) is 0. The zero-order chi connectivity index (χ0) is 23.7. The van der Waals surface area contributed by atoms with Crippen molar-refractivity contribution < 1.29 is 9.53 Å². The first-order valence-electron chi connectivity index (χ1n) is 14.9. The van der Waals surface area contributed by atoms with Gasteiger partial charge in [-0.2, -0.15) is 0 Å². The van der Waals surface area contributed by atoms with Gasteiger partial charge in [-0.1, -0.05) is 150 Å². The van der Waals surface area contributed by atoms with Gasteiger partial charge < -0.3 is 4.74 Å². The topological polar surface area (TPSA) is 26.3 Å². The van der Waals surface area contributed by atoms with Crippen molar-refractivity contribution in [2.24, 2.45) is 11.8 Å². The van der Waals surface area contributed by atoms with Crippen LogP contribution in [-0.2, 0) is 9.53 Å². The summed E-state index contributed by atoms with van der Waals surface area (Å²) in [7, 11) is 0. The van der Waals surface area contributed by atoms with Crippen molar-refractivity contribution >= 4 is 5.97 Å². The van der Waals surface area contributed by atoms with Crippen LogP contribution in [0.5, 0.6) is 0 Å². The molecule has 0 aromatic heterocycles. The number of rotatable bonds is 25. The van der Waals surface area contributed by atoms with Gasteiger partial charge in [0, 0.05) is 0 Å². The lowest BCUT2D eigenvalue weighted by atomic mass is 9.97. The van der Waals surface area contributed by atoms with Gasteiger partial charge in [-0.3, -0.25) is 4.79 Å². The summed E-state index contributed by atoms with van der Waals surface area (Å²) in [5, 5.41) is 0. The highest BCUT2D eigenvalue weighted by Gasteiger charge is 2.19. The van der Waals surface area contributed by atoms with Crippen LogP contribution in [0.15, 0.2) is 0 Å². The molecule has 2 unspecified atom stereocenters.